The zero-order valence-electron chi connectivity index (χ0n) is 8.63. The molecule has 0 bridgehead atoms. The number of nitrogen functional groups attached to an aromatic ring is 1. The summed E-state index contributed by atoms with van der Waals surface area (Å²) < 4.78 is 0. The lowest BCUT2D eigenvalue weighted by atomic mass is 10.2. The molecule has 16 heavy (non-hydrogen) atoms. The smallest absolute Gasteiger partial charge is 0.123 e. The number of thioether (sulfide) groups is 1. The number of anilines is 1. The van der Waals surface area contributed by atoms with Crippen LogP contribution in [0.1, 0.15) is 5.56 Å². The first kappa shape index (κ1) is 10.8. The first-order valence-electron chi connectivity index (χ1n) is 4.86. The Balaban J connectivity index is 1.99. The van der Waals surface area contributed by atoms with Gasteiger partial charge in [-0.2, -0.15) is 0 Å². The van der Waals surface area contributed by atoms with Crippen molar-refractivity contribution >= 4 is 17.6 Å². The van der Waals surface area contributed by atoms with Gasteiger partial charge < -0.3 is 10.8 Å². The van der Waals surface area contributed by atoms with Crippen LogP contribution in [0.15, 0.2) is 47.5 Å². The average Bonchev–Trinajstić information content (AvgIpc) is 2.28. The maximum atomic E-state index is 9.31. The molecule has 0 amide bonds. The van der Waals surface area contributed by atoms with Gasteiger partial charge in [-0.1, -0.05) is 12.1 Å². The van der Waals surface area contributed by atoms with E-state index in [2.05, 4.69) is 4.98 Å². The summed E-state index contributed by atoms with van der Waals surface area (Å²) in [5, 5.41) is 9.31. The SMILES string of the molecule is Nc1ccc(SCc2cccc(O)c2)cn1. The van der Waals surface area contributed by atoms with Crippen molar-refractivity contribution in [2.24, 2.45) is 0 Å². The van der Waals surface area contributed by atoms with E-state index in [4.69, 9.17) is 5.73 Å². The van der Waals surface area contributed by atoms with Crippen LogP contribution in [-0.4, -0.2) is 10.1 Å². The molecule has 2 aromatic rings. The van der Waals surface area contributed by atoms with Gasteiger partial charge in [-0.25, -0.2) is 4.98 Å². The second-order valence-corrected chi connectivity index (χ2v) is 4.43. The Morgan fingerprint density at radius 3 is 2.81 bits per heavy atom. The molecule has 3 nitrogen and oxygen atoms in total. The van der Waals surface area contributed by atoms with E-state index in [1.165, 1.54) is 0 Å². The van der Waals surface area contributed by atoms with Crippen molar-refractivity contribution in [3.8, 4) is 5.75 Å². The highest BCUT2D eigenvalue weighted by Gasteiger charge is 1.98. The third-order valence-electron chi connectivity index (χ3n) is 2.08. The molecule has 0 atom stereocenters. The molecule has 0 saturated heterocycles. The highest BCUT2D eigenvalue weighted by atomic mass is 32.2. The molecule has 1 aromatic heterocycles. The van der Waals surface area contributed by atoms with E-state index in [-0.39, 0.29) is 0 Å². The lowest BCUT2D eigenvalue weighted by Gasteiger charge is -2.02. The van der Waals surface area contributed by atoms with Crippen LogP contribution in [0.2, 0.25) is 0 Å². The number of aromatic nitrogens is 1. The number of nitrogens with two attached hydrogens (primary N) is 1. The number of rotatable bonds is 3. The molecule has 1 heterocycles. The third-order valence-corrected chi connectivity index (χ3v) is 3.13. The van der Waals surface area contributed by atoms with Gasteiger partial charge in [-0.3, -0.25) is 0 Å². The summed E-state index contributed by atoms with van der Waals surface area (Å²) in [6.45, 7) is 0. The molecule has 0 fully saturated rings. The van der Waals surface area contributed by atoms with Crippen molar-refractivity contribution in [2.75, 3.05) is 5.73 Å². The Morgan fingerprint density at radius 2 is 2.12 bits per heavy atom. The van der Waals surface area contributed by atoms with Crippen LogP contribution in [-0.2, 0) is 5.75 Å². The summed E-state index contributed by atoms with van der Waals surface area (Å²) in [6, 6.07) is 11.0. The second-order valence-electron chi connectivity index (χ2n) is 3.38. The highest BCUT2D eigenvalue weighted by molar-refractivity contribution is 7.98. The second kappa shape index (κ2) is 4.90. The zero-order valence-corrected chi connectivity index (χ0v) is 9.45. The van der Waals surface area contributed by atoms with Crippen LogP contribution in [0.25, 0.3) is 0 Å². The number of phenols is 1. The molecule has 0 radical (unpaired) electrons. The maximum Gasteiger partial charge on any atom is 0.123 e. The van der Waals surface area contributed by atoms with Gasteiger partial charge >= 0.3 is 0 Å². The molecule has 3 N–H and O–H groups in total. The summed E-state index contributed by atoms with van der Waals surface area (Å²) in [5.41, 5.74) is 6.59. The third kappa shape index (κ3) is 2.90. The summed E-state index contributed by atoms with van der Waals surface area (Å²) in [7, 11) is 0. The molecule has 0 saturated carbocycles. The van der Waals surface area contributed by atoms with Crippen LogP contribution < -0.4 is 5.73 Å². The van der Waals surface area contributed by atoms with E-state index in [1.807, 2.05) is 18.2 Å². The van der Waals surface area contributed by atoms with E-state index in [0.29, 0.717) is 11.6 Å². The van der Waals surface area contributed by atoms with Crippen molar-refractivity contribution in [2.45, 2.75) is 10.6 Å². The minimum Gasteiger partial charge on any atom is -0.508 e. The number of nitrogens with zero attached hydrogens (tertiary/aromatic N) is 1. The van der Waals surface area contributed by atoms with Crippen LogP contribution in [0.4, 0.5) is 5.82 Å². The molecular formula is C12H12N2OS. The van der Waals surface area contributed by atoms with Gasteiger partial charge in [-0.15, -0.1) is 11.8 Å². The Labute approximate surface area is 98.3 Å². The molecule has 2 rings (SSSR count). The molecule has 82 valence electrons. The van der Waals surface area contributed by atoms with E-state index in [9.17, 15) is 5.11 Å². The summed E-state index contributed by atoms with van der Waals surface area (Å²) >= 11 is 1.66. The Kier molecular flexibility index (Phi) is 3.31. The van der Waals surface area contributed by atoms with Gasteiger partial charge in [0, 0.05) is 16.8 Å². The number of hydrogen-bond acceptors (Lipinski definition) is 4. The number of hydrogen-bond donors (Lipinski definition) is 2. The molecule has 0 aliphatic carbocycles. The zero-order chi connectivity index (χ0) is 11.4. The fourth-order valence-electron chi connectivity index (χ4n) is 1.29. The van der Waals surface area contributed by atoms with E-state index in [0.717, 1.165) is 16.2 Å². The standard InChI is InChI=1S/C12H12N2OS/c13-12-5-4-11(7-14-12)16-8-9-2-1-3-10(15)6-9/h1-7,15H,8H2,(H2,13,14). The first-order chi connectivity index (χ1) is 7.74. The van der Waals surface area contributed by atoms with Gasteiger partial charge in [0.1, 0.15) is 11.6 Å². The van der Waals surface area contributed by atoms with Gasteiger partial charge in [0.2, 0.25) is 0 Å². The van der Waals surface area contributed by atoms with E-state index < -0.39 is 0 Å². The molecule has 0 unspecified atom stereocenters. The number of phenolic OH excluding ortho intramolecular Hbond substituents is 1. The topological polar surface area (TPSA) is 59.1 Å². The summed E-state index contributed by atoms with van der Waals surface area (Å²) in [6.07, 6.45) is 1.75. The molecule has 4 heteroatoms. The highest BCUT2D eigenvalue weighted by Crippen LogP contribution is 2.23. The average molecular weight is 232 g/mol. The lowest BCUT2D eigenvalue weighted by molar-refractivity contribution is 0.475. The lowest BCUT2D eigenvalue weighted by Crippen LogP contribution is -1.88. The molecule has 1 aromatic carbocycles. The number of pyridine rings is 1. The summed E-state index contributed by atoms with van der Waals surface area (Å²) in [5.74, 6) is 1.63. The van der Waals surface area contributed by atoms with Gasteiger partial charge in [0.05, 0.1) is 0 Å². The molecule has 0 spiro atoms. The van der Waals surface area contributed by atoms with Crippen LogP contribution in [0.5, 0.6) is 5.75 Å². The maximum absolute atomic E-state index is 9.31. The Hall–Kier alpha value is -1.68. The Bertz CT molecular complexity index is 471. The Morgan fingerprint density at radius 1 is 1.25 bits per heavy atom. The first-order valence-corrected chi connectivity index (χ1v) is 5.85. The minimum absolute atomic E-state index is 0.300. The van der Waals surface area contributed by atoms with Crippen molar-refractivity contribution in [3.63, 3.8) is 0 Å². The van der Waals surface area contributed by atoms with E-state index >= 15 is 0 Å². The predicted octanol–water partition coefficient (Wildman–Crippen LogP) is 2.66. The number of benzene rings is 1. The van der Waals surface area contributed by atoms with Gasteiger partial charge in [-0.05, 0) is 29.8 Å². The van der Waals surface area contributed by atoms with Gasteiger partial charge in [0.15, 0.2) is 0 Å². The number of aromatic hydroxyl groups is 1. The van der Waals surface area contributed by atoms with Crippen LogP contribution >= 0.6 is 11.8 Å². The summed E-state index contributed by atoms with van der Waals surface area (Å²) in [4.78, 5) is 5.08. The molecule has 0 aliphatic rings. The normalized spacial score (nSPS) is 10.2. The van der Waals surface area contributed by atoms with Gasteiger partial charge in [0.25, 0.3) is 0 Å². The van der Waals surface area contributed by atoms with Crippen molar-refractivity contribution in [3.05, 3.63) is 48.2 Å². The van der Waals surface area contributed by atoms with Crippen LogP contribution in [0.3, 0.4) is 0 Å². The van der Waals surface area contributed by atoms with Crippen molar-refractivity contribution in [1.29, 1.82) is 0 Å². The van der Waals surface area contributed by atoms with Crippen LogP contribution in [0, 0.1) is 0 Å². The molecule has 0 aliphatic heterocycles. The van der Waals surface area contributed by atoms with Crippen molar-refractivity contribution < 1.29 is 5.11 Å². The minimum atomic E-state index is 0.300. The predicted molar refractivity (Wildman–Crippen MR) is 66.3 cm³/mol. The quantitative estimate of drug-likeness (QED) is 0.799. The molecular weight excluding hydrogens is 220 g/mol. The fraction of sp³-hybridized carbons (Fsp3) is 0.0833. The van der Waals surface area contributed by atoms with E-state index in [1.54, 1.807) is 36.2 Å². The van der Waals surface area contributed by atoms with Crippen molar-refractivity contribution in [1.82, 2.24) is 4.98 Å². The monoisotopic (exact) mass is 232 g/mol. The largest absolute Gasteiger partial charge is 0.508 e. The fourth-order valence-corrected chi connectivity index (χ4v) is 2.09.